The van der Waals surface area contributed by atoms with Crippen LogP contribution in [-0.4, -0.2) is 36.5 Å². The Morgan fingerprint density at radius 2 is 1.93 bits per heavy atom. The van der Waals surface area contributed by atoms with E-state index in [9.17, 15) is 13.4 Å². The summed E-state index contributed by atoms with van der Waals surface area (Å²) in [5, 5.41) is 9.31. The molecule has 4 N–H and O–H groups in total. The van der Waals surface area contributed by atoms with Gasteiger partial charge in [-0.3, -0.25) is 4.79 Å². The van der Waals surface area contributed by atoms with E-state index in [2.05, 4.69) is 15.0 Å². The summed E-state index contributed by atoms with van der Waals surface area (Å²) < 4.78 is 71.8. The Labute approximate surface area is 233 Å². The van der Waals surface area contributed by atoms with E-state index in [4.69, 9.17) is 14.6 Å². The zero-order valence-electron chi connectivity index (χ0n) is 21.9. The van der Waals surface area contributed by atoms with Gasteiger partial charge < -0.3 is 19.8 Å². The molecule has 2 unspecified atom stereocenters. The number of rotatable bonds is 9. The predicted molar refractivity (Wildman–Crippen MR) is 147 cm³/mol. The quantitative estimate of drug-likeness (QED) is 0.149. The van der Waals surface area contributed by atoms with Gasteiger partial charge in [-0.15, -0.1) is 0 Å². The van der Waals surface area contributed by atoms with Crippen LogP contribution in [0.5, 0.6) is 11.5 Å². The fourth-order valence-corrected chi connectivity index (χ4v) is 5.79. The number of carboxylic acids is 1. The number of benzene rings is 3. The number of ether oxygens (including phenoxy) is 1. The monoisotopic (exact) mass is 582 g/mol. The summed E-state index contributed by atoms with van der Waals surface area (Å²) in [6.45, 7) is 1.73. The number of H-pyrrole nitrogens is 2. The van der Waals surface area contributed by atoms with Crippen molar-refractivity contribution in [1.82, 2.24) is 15.0 Å². The first-order valence-corrected chi connectivity index (χ1v) is 14.5. The fraction of sp³-hybridized carbons (Fsp3) is 0.172. The van der Waals surface area contributed by atoms with Crippen LogP contribution >= 0.6 is 0 Å². The lowest BCUT2D eigenvalue weighted by atomic mass is 9.94. The van der Waals surface area contributed by atoms with Crippen LogP contribution in [0.2, 0.25) is 0 Å². The molecule has 2 heterocycles. The average Bonchev–Trinajstić information content (AvgIpc) is 3.58. The predicted octanol–water partition coefficient (Wildman–Crippen LogP) is 6.97. The van der Waals surface area contributed by atoms with Gasteiger partial charge in [0.15, 0.2) is 11.6 Å². The molecule has 2 aromatic heterocycles. The molecule has 3 aromatic carbocycles. The van der Waals surface area contributed by atoms with Gasteiger partial charge in [0.25, 0.3) is 0 Å². The minimum Gasteiger partial charge on any atom is -0.481 e. The molecule has 2 atom stereocenters. The van der Waals surface area contributed by atoms with Crippen molar-refractivity contribution in [2.45, 2.75) is 30.6 Å². The van der Waals surface area contributed by atoms with Gasteiger partial charge in [0.05, 0.1) is 15.3 Å². The number of halogens is 3. The summed E-state index contributed by atoms with van der Waals surface area (Å²) in [6, 6.07) is 11.2. The van der Waals surface area contributed by atoms with Crippen LogP contribution < -0.4 is 4.74 Å². The number of aromatic nitrogens is 3. The van der Waals surface area contributed by atoms with Crippen LogP contribution in [0.4, 0.5) is 13.2 Å². The number of aryl methyl sites for hydroxylation is 1. The second-order valence-corrected chi connectivity index (χ2v) is 11.8. The number of hydrogen-bond acceptors (Lipinski definition) is 5. The number of aliphatic carboxylic acids is 1. The maximum Gasteiger partial charge on any atom is 0.303 e. The van der Waals surface area contributed by atoms with Gasteiger partial charge in [-0.1, -0.05) is 25.1 Å². The molecule has 0 spiro atoms. The van der Waals surface area contributed by atoms with E-state index in [1.54, 1.807) is 25.1 Å². The molecule has 8 nitrogen and oxygen atoms in total. The lowest BCUT2D eigenvalue weighted by molar-refractivity contribution is -0.136. The van der Waals surface area contributed by atoms with Crippen molar-refractivity contribution in [1.29, 1.82) is 4.78 Å². The Balaban J connectivity index is 1.47. The molecule has 0 saturated carbocycles. The fourth-order valence-electron chi connectivity index (χ4n) is 4.70. The first-order valence-electron chi connectivity index (χ1n) is 12.5. The molecule has 0 aliphatic carbocycles. The van der Waals surface area contributed by atoms with E-state index >= 15 is 8.78 Å². The number of nitrogens with one attached hydrogen (secondary N) is 3. The number of hydrogen-bond donors (Lipinski definition) is 4. The molecular formula is C29H25F3N4O4S. The van der Waals surface area contributed by atoms with Crippen molar-refractivity contribution >= 4 is 26.6 Å². The molecule has 0 fully saturated rings. The van der Waals surface area contributed by atoms with Gasteiger partial charge in [-0.05, 0) is 41.8 Å². The maximum atomic E-state index is 15.2. The third kappa shape index (κ3) is 5.55. The molecule has 0 saturated heterocycles. The molecule has 0 radical (unpaired) electrons. The van der Waals surface area contributed by atoms with Crippen molar-refractivity contribution in [3.05, 3.63) is 95.2 Å². The second kappa shape index (κ2) is 10.8. The molecule has 5 rings (SSSR count). The van der Waals surface area contributed by atoms with E-state index in [1.165, 1.54) is 36.7 Å². The molecule has 0 aliphatic rings. The number of imidazole rings is 1. The highest BCUT2D eigenvalue weighted by molar-refractivity contribution is 7.92. The van der Waals surface area contributed by atoms with E-state index in [0.717, 1.165) is 12.3 Å². The Hall–Kier alpha value is -4.58. The van der Waals surface area contributed by atoms with Crippen molar-refractivity contribution in [2.24, 2.45) is 0 Å². The zero-order valence-corrected chi connectivity index (χ0v) is 22.7. The minimum atomic E-state index is -3.43. The van der Waals surface area contributed by atoms with Crippen LogP contribution in [0, 0.1) is 22.2 Å². The molecule has 212 valence electrons. The average molecular weight is 583 g/mol. The van der Waals surface area contributed by atoms with E-state index in [1.807, 2.05) is 0 Å². The topological polar surface area (TPSA) is 132 Å². The third-order valence-corrected chi connectivity index (χ3v) is 7.95. The third-order valence-electron chi connectivity index (χ3n) is 6.77. The van der Waals surface area contributed by atoms with Gasteiger partial charge in [0, 0.05) is 53.7 Å². The number of carboxylic acid groups (broad SMARTS) is 1. The lowest BCUT2D eigenvalue weighted by Crippen LogP contribution is -2.05. The van der Waals surface area contributed by atoms with Gasteiger partial charge in [0.2, 0.25) is 0 Å². The minimum absolute atomic E-state index is 0.00980. The van der Waals surface area contributed by atoms with Gasteiger partial charge >= 0.3 is 5.97 Å². The molecular weight excluding hydrogens is 557 g/mol. The van der Waals surface area contributed by atoms with Crippen LogP contribution in [-0.2, 0) is 20.9 Å². The smallest absolute Gasteiger partial charge is 0.303 e. The van der Waals surface area contributed by atoms with Crippen molar-refractivity contribution in [3.8, 4) is 22.9 Å². The molecule has 5 aromatic rings. The Kier molecular flexibility index (Phi) is 7.35. The van der Waals surface area contributed by atoms with Crippen LogP contribution in [0.15, 0.2) is 65.8 Å². The molecule has 41 heavy (non-hydrogen) atoms. The highest BCUT2D eigenvalue weighted by Gasteiger charge is 2.24. The summed E-state index contributed by atoms with van der Waals surface area (Å²) in [4.78, 5) is 20.9. The van der Waals surface area contributed by atoms with Crippen molar-refractivity contribution in [3.63, 3.8) is 0 Å². The van der Waals surface area contributed by atoms with Crippen LogP contribution in [0.3, 0.4) is 0 Å². The largest absolute Gasteiger partial charge is 0.481 e. The van der Waals surface area contributed by atoms with Crippen LogP contribution in [0.1, 0.15) is 36.1 Å². The van der Waals surface area contributed by atoms with Crippen molar-refractivity contribution < 1.29 is 32.0 Å². The SMILES string of the molecule is CC(c1cnc(-c2cc(Oc3c(F)cc4[nH]ccc4c3S(C)(=N)=O)ccc2F)[nH]1)c1cccc(CCC(=O)O)c1F. The standard InChI is InChI=1S/C29H25F3N4O4S/c1-15(18-5-3-4-16(26(18)32)6-9-25(37)38)24-14-35-29(36-24)20-12-17(7-8-21(20)30)40-27-22(31)13-23-19(10-11-34-23)28(27)41(2,33)39/h3-5,7-8,10-15,33-34H,6,9H2,1-2H3,(H,35,36)(H,37,38). The van der Waals surface area contributed by atoms with Gasteiger partial charge in [0.1, 0.15) is 28.1 Å². The van der Waals surface area contributed by atoms with E-state index < -0.39 is 44.8 Å². The summed E-state index contributed by atoms with van der Waals surface area (Å²) in [5.41, 5.74) is 1.42. The Morgan fingerprint density at radius 1 is 1.15 bits per heavy atom. The molecule has 0 aliphatic heterocycles. The number of carbonyl (C=O) groups is 1. The molecule has 12 heteroatoms. The number of nitrogens with zero attached hydrogens (tertiary/aromatic N) is 1. The number of fused-ring (bicyclic) bond motifs is 1. The lowest BCUT2D eigenvalue weighted by Gasteiger charge is -2.15. The Morgan fingerprint density at radius 3 is 2.66 bits per heavy atom. The normalized spacial score (nSPS) is 13.7. The summed E-state index contributed by atoms with van der Waals surface area (Å²) >= 11 is 0. The first kappa shape index (κ1) is 28.0. The van der Waals surface area contributed by atoms with Crippen LogP contribution in [0.25, 0.3) is 22.3 Å². The zero-order chi connectivity index (χ0) is 29.5. The maximum absolute atomic E-state index is 15.2. The van der Waals surface area contributed by atoms with E-state index in [-0.39, 0.29) is 40.4 Å². The van der Waals surface area contributed by atoms with Gasteiger partial charge in [-0.25, -0.2) is 27.1 Å². The summed E-state index contributed by atoms with van der Waals surface area (Å²) in [6.07, 6.45) is 3.97. The Bertz CT molecular complexity index is 1900. The number of aromatic amines is 2. The molecule has 0 amide bonds. The highest BCUT2D eigenvalue weighted by Crippen LogP contribution is 2.39. The highest BCUT2D eigenvalue weighted by atomic mass is 32.2. The second-order valence-electron chi connectivity index (χ2n) is 9.67. The summed E-state index contributed by atoms with van der Waals surface area (Å²) in [7, 11) is -3.43. The van der Waals surface area contributed by atoms with Gasteiger partial charge in [-0.2, -0.15) is 0 Å². The first-order chi connectivity index (χ1) is 19.4. The van der Waals surface area contributed by atoms with E-state index in [0.29, 0.717) is 22.2 Å². The molecule has 0 bridgehead atoms. The van der Waals surface area contributed by atoms with Crippen molar-refractivity contribution in [2.75, 3.05) is 6.26 Å². The summed E-state index contributed by atoms with van der Waals surface area (Å²) in [5.74, 6) is -3.84.